The van der Waals surface area contributed by atoms with Gasteiger partial charge in [-0.25, -0.2) is 14.6 Å². The van der Waals surface area contributed by atoms with Crippen LogP contribution in [0.5, 0.6) is 0 Å². The van der Waals surface area contributed by atoms with Gasteiger partial charge in [-0.05, 0) is 12.1 Å². The standard InChI is InChI=1S/C25H29ClN6O9/c1-28-20-18(21(35)29(2)24(28)40)32(19(27-20)17(22(36)37)25(41,23(38)39)13-16(33)34)12-9-30-7-10-31(11-8-30)15-6-4-3-5-14(15)26/h3-6,17,41H,7-13H2,1-2H3,(H,33,34)(H,36,37)(H,38,39). The number of piperazine rings is 1. The first-order valence-electron chi connectivity index (χ1n) is 12.6. The smallest absolute Gasteiger partial charge is 0.337 e. The Hall–Kier alpha value is -4.21. The molecule has 0 radical (unpaired) electrons. The van der Waals surface area contributed by atoms with Crippen molar-refractivity contribution in [2.24, 2.45) is 14.1 Å². The summed E-state index contributed by atoms with van der Waals surface area (Å²) in [6.45, 7) is 2.57. The van der Waals surface area contributed by atoms with Gasteiger partial charge in [0.15, 0.2) is 22.7 Å². The first kappa shape index (κ1) is 29.8. The van der Waals surface area contributed by atoms with Crippen LogP contribution in [0, 0.1) is 0 Å². The summed E-state index contributed by atoms with van der Waals surface area (Å²) in [5.74, 6) is -8.68. The first-order valence-corrected chi connectivity index (χ1v) is 12.9. The van der Waals surface area contributed by atoms with E-state index in [9.17, 15) is 44.4 Å². The average molecular weight is 593 g/mol. The molecule has 0 amide bonds. The Morgan fingerprint density at radius 2 is 1.63 bits per heavy atom. The third-order valence-corrected chi connectivity index (χ3v) is 7.68. The minimum atomic E-state index is -3.32. The number of anilines is 1. The second-order valence-corrected chi connectivity index (χ2v) is 10.3. The lowest BCUT2D eigenvalue weighted by Gasteiger charge is -2.36. The van der Waals surface area contributed by atoms with Crippen LogP contribution in [0.3, 0.4) is 0 Å². The molecule has 1 aliphatic rings. The van der Waals surface area contributed by atoms with Crippen LogP contribution in [0.15, 0.2) is 33.9 Å². The molecule has 1 aromatic carbocycles. The Bertz CT molecular complexity index is 1640. The number of aromatic nitrogens is 4. The minimum Gasteiger partial charge on any atom is -0.481 e. The number of halogens is 1. The second kappa shape index (κ2) is 11.3. The SMILES string of the molecule is Cn1c(=O)c2c(nc(C(C(=O)O)C(O)(CC(=O)O)C(=O)O)n2CCN2CCN(c3ccccc3Cl)CC2)n(C)c1=O. The molecule has 2 unspecified atom stereocenters. The van der Waals surface area contributed by atoms with E-state index < -0.39 is 52.9 Å². The molecule has 1 fully saturated rings. The molecule has 2 atom stereocenters. The maximum absolute atomic E-state index is 13.2. The molecule has 3 aromatic rings. The number of aryl methyl sites for hydroxylation is 1. The summed E-state index contributed by atoms with van der Waals surface area (Å²) in [5.41, 5.74) is -4.43. The Morgan fingerprint density at radius 1 is 1.00 bits per heavy atom. The molecule has 2 aromatic heterocycles. The molecule has 16 heteroatoms. The number of carbonyl (C=O) groups is 3. The third kappa shape index (κ3) is 5.42. The topological polar surface area (TPSA) is 200 Å². The molecular weight excluding hydrogens is 564 g/mol. The number of aliphatic carboxylic acids is 3. The molecule has 4 rings (SSSR count). The zero-order chi connectivity index (χ0) is 30.2. The monoisotopic (exact) mass is 592 g/mol. The normalized spacial score (nSPS) is 16.4. The molecular formula is C25H29ClN6O9. The fourth-order valence-electron chi connectivity index (χ4n) is 5.13. The number of fused-ring (bicyclic) bond motifs is 1. The third-order valence-electron chi connectivity index (χ3n) is 7.36. The van der Waals surface area contributed by atoms with Gasteiger partial charge in [0.2, 0.25) is 0 Å². The quantitative estimate of drug-likeness (QED) is 0.232. The number of nitrogens with zero attached hydrogens (tertiary/aromatic N) is 6. The van der Waals surface area contributed by atoms with Gasteiger partial charge in [0.1, 0.15) is 5.82 Å². The van der Waals surface area contributed by atoms with Crippen LogP contribution >= 0.6 is 11.6 Å². The van der Waals surface area contributed by atoms with Crippen LogP contribution in [0.4, 0.5) is 5.69 Å². The maximum Gasteiger partial charge on any atom is 0.337 e. The van der Waals surface area contributed by atoms with E-state index in [1.807, 2.05) is 23.1 Å². The molecule has 15 nitrogen and oxygen atoms in total. The van der Waals surface area contributed by atoms with Gasteiger partial charge in [0.25, 0.3) is 5.56 Å². The van der Waals surface area contributed by atoms with Gasteiger partial charge in [0.05, 0.1) is 17.1 Å². The van der Waals surface area contributed by atoms with E-state index in [-0.39, 0.29) is 24.3 Å². The predicted octanol–water partition coefficient (Wildman–Crippen LogP) is -0.632. The molecule has 41 heavy (non-hydrogen) atoms. The van der Waals surface area contributed by atoms with Crippen LogP contribution in [-0.2, 0) is 35.0 Å². The van der Waals surface area contributed by atoms with Gasteiger partial charge in [-0.1, -0.05) is 23.7 Å². The Kier molecular flexibility index (Phi) is 8.24. The molecule has 1 aliphatic heterocycles. The van der Waals surface area contributed by atoms with Gasteiger partial charge < -0.3 is 29.9 Å². The van der Waals surface area contributed by atoms with Crippen molar-refractivity contribution in [1.29, 1.82) is 0 Å². The van der Waals surface area contributed by atoms with Gasteiger partial charge in [-0.3, -0.25) is 28.4 Å². The zero-order valence-electron chi connectivity index (χ0n) is 22.2. The van der Waals surface area contributed by atoms with E-state index in [1.165, 1.54) is 14.1 Å². The fraction of sp³-hybridized carbons (Fsp3) is 0.440. The van der Waals surface area contributed by atoms with Crippen LogP contribution in [-0.4, -0.2) is 100 Å². The van der Waals surface area contributed by atoms with Crippen molar-refractivity contribution >= 4 is 46.4 Å². The highest BCUT2D eigenvalue weighted by Gasteiger charge is 2.53. The molecule has 0 bridgehead atoms. The van der Waals surface area contributed by atoms with Crippen molar-refractivity contribution < 1.29 is 34.8 Å². The lowest BCUT2D eigenvalue weighted by molar-refractivity contribution is -0.174. The number of carboxylic acids is 3. The molecule has 220 valence electrons. The van der Waals surface area contributed by atoms with Gasteiger partial charge in [-0.15, -0.1) is 0 Å². The van der Waals surface area contributed by atoms with E-state index >= 15 is 0 Å². The highest BCUT2D eigenvalue weighted by atomic mass is 35.5. The Morgan fingerprint density at radius 3 is 2.20 bits per heavy atom. The lowest BCUT2D eigenvalue weighted by atomic mass is 9.83. The summed E-state index contributed by atoms with van der Waals surface area (Å²) >= 11 is 6.32. The number of hydrogen-bond donors (Lipinski definition) is 4. The maximum atomic E-state index is 13.2. The van der Waals surface area contributed by atoms with Crippen LogP contribution in [0.25, 0.3) is 11.2 Å². The predicted molar refractivity (Wildman–Crippen MR) is 146 cm³/mol. The number of hydrogen-bond acceptors (Lipinski definition) is 9. The van der Waals surface area contributed by atoms with Crippen LogP contribution in [0.1, 0.15) is 18.2 Å². The lowest BCUT2D eigenvalue weighted by Crippen LogP contribution is -2.50. The summed E-state index contributed by atoms with van der Waals surface area (Å²) in [5, 5.41) is 40.6. The van der Waals surface area contributed by atoms with Crippen molar-refractivity contribution in [3.05, 3.63) is 56.0 Å². The van der Waals surface area contributed by atoms with Gasteiger partial charge >= 0.3 is 23.6 Å². The second-order valence-electron chi connectivity index (χ2n) is 9.85. The molecule has 1 saturated heterocycles. The number of aliphatic hydroxyl groups is 1. The zero-order valence-corrected chi connectivity index (χ0v) is 23.0. The van der Waals surface area contributed by atoms with Crippen LogP contribution in [0.2, 0.25) is 5.02 Å². The fourth-order valence-corrected chi connectivity index (χ4v) is 5.39. The number of imidazole rings is 1. The van der Waals surface area contributed by atoms with Crippen molar-refractivity contribution in [3.63, 3.8) is 0 Å². The van der Waals surface area contributed by atoms with Crippen LogP contribution < -0.4 is 16.1 Å². The Labute approximate surface area is 237 Å². The van der Waals surface area contributed by atoms with Gasteiger partial charge in [0, 0.05) is 53.4 Å². The van der Waals surface area contributed by atoms with Crippen molar-refractivity contribution in [3.8, 4) is 0 Å². The summed E-state index contributed by atoms with van der Waals surface area (Å²) in [6, 6.07) is 7.43. The highest BCUT2D eigenvalue weighted by Crippen LogP contribution is 2.33. The van der Waals surface area contributed by atoms with E-state index in [2.05, 4.69) is 9.88 Å². The molecule has 0 spiro atoms. The molecule has 0 saturated carbocycles. The number of carboxylic acid groups (broad SMARTS) is 3. The van der Waals surface area contributed by atoms with Crippen molar-refractivity contribution in [2.45, 2.75) is 24.5 Å². The van der Waals surface area contributed by atoms with Crippen molar-refractivity contribution in [2.75, 3.05) is 37.6 Å². The number of para-hydroxylation sites is 1. The molecule has 3 heterocycles. The minimum absolute atomic E-state index is 0.0715. The van der Waals surface area contributed by atoms with E-state index in [4.69, 9.17) is 11.6 Å². The number of rotatable bonds is 10. The molecule has 4 N–H and O–H groups in total. The summed E-state index contributed by atoms with van der Waals surface area (Å²) in [7, 11) is 2.53. The summed E-state index contributed by atoms with van der Waals surface area (Å²) in [4.78, 5) is 70.0. The van der Waals surface area contributed by atoms with E-state index in [1.54, 1.807) is 6.07 Å². The summed E-state index contributed by atoms with van der Waals surface area (Å²) < 4.78 is 2.95. The largest absolute Gasteiger partial charge is 0.481 e. The van der Waals surface area contributed by atoms with Crippen molar-refractivity contribution in [1.82, 2.24) is 23.6 Å². The highest BCUT2D eigenvalue weighted by molar-refractivity contribution is 6.33. The Balaban J connectivity index is 1.75. The van der Waals surface area contributed by atoms with E-state index in [0.717, 1.165) is 19.4 Å². The average Bonchev–Trinajstić information content (AvgIpc) is 3.28. The van der Waals surface area contributed by atoms with Gasteiger partial charge in [-0.2, -0.15) is 0 Å². The first-order chi connectivity index (χ1) is 19.3. The van der Waals surface area contributed by atoms with E-state index in [0.29, 0.717) is 31.2 Å². The summed E-state index contributed by atoms with van der Waals surface area (Å²) in [6.07, 6.45) is -1.45. The molecule has 0 aliphatic carbocycles. The number of benzene rings is 1.